The van der Waals surface area contributed by atoms with Crippen LogP contribution in [0, 0.1) is 0 Å². The van der Waals surface area contributed by atoms with Gasteiger partial charge in [0.2, 0.25) is 0 Å². The molecule has 5 nitrogen and oxygen atoms in total. The average Bonchev–Trinajstić information content (AvgIpc) is 2.53. The molecule has 0 bridgehead atoms. The molecule has 0 aromatic carbocycles. The molecule has 0 saturated heterocycles. The van der Waals surface area contributed by atoms with Gasteiger partial charge in [-0.25, -0.2) is 13.6 Å². The number of esters is 1. The molecule has 0 aromatic heterocycles. The second-order valence-corrected chi connectivity index (χ2v) is 4.91. The summed E-state index contributed by atoms with van der Waals surface area (Å²) in [7, 11) is 4.55. The molecule has 120 valence electrons. The summed E-state index contributed by atoms with van der Waals surface area (Å²) in [5.41, 5.74) is 1.28. The quantitative estimate of drug-likeness (QED) is 0.799. The normalized spacial score (nSPS) is 21.4. The van der Waals surface area contributed by atoms with Crippen molar-refractivity contribution in [3.8, 4) is 0 Å². The van der Waals surface area contributed by atoms with Crippen molar-refractivity contribution in [2.45, 2.75) is 12.5 Å². The number of methoxy groups -OCH3 is 2. The van der Waals surface area contributed by atoms with E-state index in [1.165, 1.54) is 26.5 Å². The summed E-state index contributed by atoms with van der Waals surface area (Å²) in [4.78, 5) is 13.8. The van der Waals surface area contributed by atoms with Gasteiger partial charge in [0.05, 0.1) is 19.8 Å². The lowest BCUT2D eigenvalue weighted by molar-refractivity contribution is -0.135. The van der Waals surface area contributed by atoms with Crippen molar-refractivity contribution in [2.75, 3.05) is 27.8 Å². The molecule has 0 aromatic rings. The minimum atomic E-state index is -2.57. The van der Waals surface area contributed by atoms with E-state index < -0.39 is 18.4 Å². The topological polar surface area (TPSA) is 50.8 Å². The monoisotopic (exact) mass is 312 g/mol. The van der Waals surface area contributed by atoms with E-state index in [2.05, 4.69) is 5.32 Å². The van der Waals surface area contributed by atoms with Crippen molar-refractivity contribution in [2.24, 2.45) is 0 Å². The van der Waals surface area contributed by atoms with E-state index in [4.69, 9.17) is 9.47 Å². The summed E-state index contributed by atoms with van der Waals surface area (Å²) < 4.78 is 36.0. The van der Waals surface area contributed by atoms with Crippen molar-refractivity contribution in [1.82, 2.24) is 10.2 Å². The molecular formula is C15H18F2N2O3. The predicted molar refractivity (Wildman–Crippen MR) is 76.9 cm³/mol. The highest BCUT2D eigenvalue weighted by Crippen LogP contribution is 2.32. The van der Waals surface area contributed by atoms with Crippen LogP contribution in [-0.2, 0) is 14.3 Å². The van der Waals surface area contributed by atoms with Crippen LogP contribution in [0.15, 0.2) is 47.0 Å². The van der Waals surface area contributed by atoms with Crippen molar-refractivity contribution in [3.63, 3.8) is 0 Å². The fourth-order valence-electron chi connectivity index (χ4n) is 2.30. The first-order chi connectivity index (χ1) is 10.5. The second kappa shape index (κ2) is 6.64. The van der Waals surface area contributed by atoms with E-state index in [0.29, 0.717) is 29.0 Å². The van der Waals surface area contributed by atoms with Gasteiger partial charge in [-0.15, -0.1) is 0 Å². The number of hydrogen-bond acceptors (Lipinski definition) is 5. The lowest BCUT2D eigenvalue weighted by Gasteiger charge is -2.28. The first kappa shape index (κ1) is 16.1. The molecule has 0 fully saturated rings. The van der Waals surface area contributed by atoms with Crippen molar-refractivity contribution < 1.29 is 23.0 Å². The predicted octanol–water partition coefficient (Wildman–Crippen LogP) is 1.57. The molecule has 7 heteroatoms. The molecule has 0 spiro atoms. The SMILES string of the molecule is COC(=O)C1=CCN(C)C=C1C1=CC(C(F)F)NC=C1OC. The molecule has 0 amide bonds. The number of carbonyl (C=O) groups is 1. The van der Waals surface area contributed by atoms with E-state index in [-0.39, 0.29) is 0 Å². The second-order valence-electron chi connectivity index (χ2n) is 4.91. The van der Waals surface area contributed by atoms with Gasteiger partial charge >= 0.3 is 5.97 Å². The molecule has 1 unspecified atom stereocenters. The number of nitrogens with zero attached hydrogens (tertiary/aromatic N) is 1. The number of dihydropyridines is 1. The van der Waals surface area contributed by atoms with Crippen LogP contribution in [0.2, 0.25) is 0 Å². The third-order valence-corrected chi connectivity index (χ3v) is 3.43. The van der Waals surface area contributed by atoms with Gasteiger partial charge in [-0.2, -0.15) is 0 Å². The average molecular weight is 312 g/mol. The third-order valence-electron chi connectivity index (χ3n) is 3.43. The zero-order chi connectivity index (χ0) is 16.3. The van der Waals surface area contributed by atoms with Crippen LogP contribution in [0.3, 0.4) is 0 Å². The van der Waals surface area contributed by atoms with Crippen LogP contribution in [0.25, 0.3) is 0 Å². The van der Waals surface area contributed by atoms with Gasteiger partial charge < -0.3 is 19.7 Å². The van der Waals surface area contributed by atoms with E-state index in [0.717, 1.165) is 0 Å². The number of ether oxygens (including phenoxy) is 2. The molecule has 1 atom stereocenters. The Morgan fingerprint density at radius 2 is 2.14 bits per heavy atom. The first-order valence-corrected chi connectivity index (χ1v) is 6.69. The molecule has 2 aliphatic heterocycles. The van der Waals surface area contributed by atoms with Crippen LogP contribution in [0.1, 0.15) is 0 Å². The van der Waals surface area contributed by atoms with E-state index >= 15 is 0 Å². The fourth-order valence-corrected chi connectivity index (χ4v) is 2.30. The van der Waals surface area contributed by atoms with Gasteiger partial charge in [0.15, 0.2) is 0 Å². The Balaban J connectivity index is 2.45. The molecule has 22 heavy (non-hydrogen) atoms. The van der Waals surface area contributed by atoms with Crippen molar-refractivity contribution in [3.05, 3.63) is 47.0 Å². The lowest BCUT2D eigenvalue weighted by Crippen LogP contribution is -2.34. The number of likely N-dealkylation sites (N-methyl/N-ethyl adjacent to an activating group) is 1. The van der Waals surface area contributed by atoms with E-state index in [1.807, 2.05) is 11.9 Å². The highest BCUT2D eigenvalue weighted by Gasteiger charge is 2.29. The molecular weight excluding hydrogens is 294 g/mol. The molecule has 2 rings (SSSR count). The standard InChI is InChI=1S/C15H18F2N2O3/c1-19-5-4-9(15(20)22-3)11(8-19)10-6-12(14(16)17)18-7-13(10)21-2/h4,6-8,12,14,18H,5H2,1-3H3. The third kappa shape index (κ3) is 3.13. The van der Waals surface area contributed by atoms with Gasteiger partial charge in [-0.3, -0.25) is 0 Å². The molecule has 0 aliphatic carbocycles. The van der Waals surface area contributed by atoms with Crippen LogP contribution in [-0.4, -0.2) is 51.1 Å². The highest BCUT2D eigenvalue weighted by atomic mass is 19.3. The largest absolute Gasteiger partial charge is 0.495 e. The van der Waals surface area contributed by atoms with Gasteiger partial charge in [-0.05, 0) is 6.08 Å². The Morgan fingerprint density at radius 1 is 1.41 bits per heavy atom. The zero-order valence-corrected chi connectivity index (χ0v) is 12.6. The summed E-state index contributed by atoms with van der Waals surface area (Å²) in [5.74, 6) is -0.129. The number of carbonyl (C=O) groups excluding carboxylic acids is 1. The molecule has 1 N–H and O–H groups in total. The minimum Gasteiger partial charge on any atom is -0.495 e. The van der Waals surface area contributed by atoms with Gasteiger partial charge in [-0.1, -0.05) is 6.08 Å². The van der Waals surface area contributed by atoms with Crippen LogP contribution < -0.4 is 5.32 Å². The first-order valence-electron chi connectivity index (χ1n) is 6.69. The van der Waals surface area contributed by atoms with Crippen LogP contribution >= 0.6 is 0 Å². The number of rotatable bonds is 4. The molecule has 0 saturated carbocycles. The summed E-state index contributed by atoms with van der Waals surface area (Å²) in [5, 5.41) is 2.57. The minimum absolute atomic E-state index is 0.338. The Bertz CT molecular complexity index is 579. The number of allylic oxidation sites excluding steroid dienone is 1. The van der Waals surface area contributed by atoms with Crippen LogP contribution in [0.5, 0.6) is 0 Å². The van der Waals surface area contributed by atoms with Crippen molar-refractivity contribution in [1.29, 1.82) is 0 Å². The number of alkyl halides is 2. The van der Waals surface area contributed by atoms with E-state index in [9.17, 15) is 13.6 Å². The molecule has 2 heterocycles. The smallest absolute Gasteiger partial charge is 0.338 e. The lowest BCUT2D eigenvalue weighted by atomic mass is 9.92. The Morgan fingerprint density at radius 3 is 2.73 bits per heavy atom. The zero-order valence-electron chi connectivity index (χ0n) is 12.6. The molecule has 2 aliphatic rings. The number of hydrogen-bond donors (Lipinski definition) is 1. The summed E-state index contributed by atoms with van der Waals surface area (Å²) >= 11 is 0. The van der Waals surface area contributed by atoms with Crippen molar-refractivity contribution >= 4 is 5.97 Å². The van der Waals surface area contributed by atoms with Gasteiger partial charge in [0.1, 0.15) is 11.8 Å². The van der Waals surface area contributed by atoms with E-state index in [1.54, 1.807) is 12.3 Å². The Hall–Kier alpha value is -2.31. The number of nitrogens with one attached hydrogen (secondary N) is 1. The maximum absolute atomic E-state index is 13.0. The number of halogens is 2. The van der Waals surface area contributed by atoms with Gasteiger partial charge in [0, 0.05) is 37.1 Å². The Labute approximate surface area is 127 Å². The summed E-state index contributed by atoms with van der Waals surface area (Å²) in [6, 6.07) is -1.14. The highest BCUT2D eigenvalue weighted by molar-refractivity contribution is 5.95. The fraction of sp³-hybridized carbons (Fsp3) is 0.400. The van der Waals surface area contributed by atoms with Crippen LogP contribution in [0.4, 0.5) is 8.78 Å². The molecule has 0 radical (unpaired) electrons. The Kier molecular flexibility index (Phi) is 4.85. The summed E-state index contributed by atoms with van der Waals surface area (Å²) in [6.07, 6.45) is 3.60. The maximum atomic E-state index is 13.0. The summed E-state index contributed by atoms with van der Waals surface area (Å²) in [6.45, 7) is 0.532. The van der Waals surface area contributed by atoms with Gasteiger partial charge in [0.25, 0.3) is 6.43 Å². The maximum Gasteiger partial charge on any atom is 0.338 e.